The van der Waals surface area contributed by atoms with Gasteiger partial charge in [0.05, 0.1) is 0 Å². The van der Waals surface area contributed by atoms with Crippen LogP contribution in [0, 0.1) is 0 Å². The van der Waals surface area contributed by atoms with E-state index in [0.717, 1.165) is 13.2 Å². The highest BCUT2D eigenvalue weighted by Crippen LogP contribution is 2.08. The number of ether oxygens (including phenoxy) is 1. The molecule has 24 heavy (non-hydrogen) atoms. The van der Waals surface area contributed by atoms with Gasteiger partial charge in [-0.1, -0.05) is 90.9 Å². The molecule has 5 nitrogen and oxygen atoms in total. The van der Waals surface area contributed by atoms with E-state index in [2.05, 4.69) is 13.8 Å². The van der Waals surface area contributed by atoms with Crippen LogP contribution < -0.4 is 0 Å². The second-order valence-corrected chi connectivity index (χ2v) is 7.20. The monoisotopic (exact) mass is 368 g/mol. The summed E-state index contributed by atoms with van der Waals surface area (Å²) in [5.41, 5.74) is 0. The summed E-state index contributed by atoms with van der Waals surface area (Å²) < 4.78 is 37.3. The fourth-order valence-corrected chi connectivity index (χ4v) is 2.42. The molecule has 0 amide bonds. The summed E-state index contributed by atoms with van der Waals surface area (Å²) in [6.45, 7) is 6.53. The molecule has 0 aromatic carbocycles. The maximum atomic E-state index is 8.74. The zero-order valence-corrected chi connectivity index (χ0v) is 16.7. The summed E-state index contributed by atoms with van der Waals surface area (Å²) in [5, 5.41) is 0. The molecule has 0 bridgehead atoms. The van der Waals surface area contributed by atoms with Crippen molar-refractivity contribution in [3.63, 3.8) is 0 Å². The Morgan fingerprint density at radius 2 is 0.833 bits per heavy atom. The molecule has 0 rings (SSSR count). The van der Waals surface area contributed by atoms with Crippen molar-refractivity contribution < 1.29 is 22.3 Å². The van der Waals surface area contributed by atoms with Gasteiger partial charge in [0, 0.05) is 13.2 Å². The molecule has 148 valence electrons. The standard InChI is InChI=1S/C18H38O.H2O4S/c1-3-5-7-9-11-13-15-17-19-18-16-14-12-10-8-6-4-2;1-5(2,3)4/h3-18H2,1-2H3;(H2,1,2,3,4). The smallest absolute Gasteiger partial charge is 0.381 e. The molecule has 0 aromatic heterocycles. The summed E-state index contributed by atoms with van der Waals surface area (Å²) in [4.78, 5) is 0. The zero-order chi connectivity index (χ0) is 18.5. The van der Waals surface area contributed by atoms with Gasteiger partial charge in [-0.25, -0.2) is 0 Å². The van der Waals surface area contributed by atoms with Gasteiger partial charge in [0.2, 0.25) is 0 Å². The molecule has 0 aliphatic heterocycles. The van der Waals surface area contributed by atoms with Crippen LogP contribution in [0.5, 0.6) is 0 Å². The number of unbranched alkanes of at least 4 members (excludes halogenated alkanes) is 12. The first-order valence-electron chi connectivity index (χ1n) is 9.69. The van der Waals surface area contributed by atoms with E-state index in [1.807, 2.05) is 0 Å². The van der Waals surface area contributed by atoms with Crippen molar-refractivity contribution in [2.45, 2.75) is 104 Å². The fraction of sp³-hybridized carbons (Fsp3) is 1.00. The lowest BCUT2D eigenvalue weighted by Crippen LogP contribution is -1.97. The first-order chi connectivity index (χ1) is 11.4. The van der Waals surface area contributed by atoms with E-state index in [-0.39, 0.29) is 0 Å². The number of hydrogen-bond donors (Lipinski definition) is 2. The van der Waals surface area contributed by atoms with Crippen molar-refractivity contribution in [2.24, 2.45) is 0 Å². The predicted molar refractivity (Wildman–Crippen MR) is 101 cm³/mol. The molecule has 6 heteroatoms. The average molecular weight is 369 g/mol. The molecule has 0 saturated heterocycles. The van der Waals surface area contributed by atoms with Crippen molar-refractivity contribution in [2.75, 3.05) is 13.2 Å². The Labute approximate surface area is 150 Å². The van der Waals surface area contributed by atoms with Crippen LogP contribution in [0.15, 0.2) is 0 Å². The lowest BCUT2D eigenvalue weighted by molar-refractivity contribution is 0.125. The molecule has 0 aromatic rings. The summed E-state index contributed by atoms with van der Waals surface area (Å²) in [7, 11) is -4.67. The number of hydrogen-bond acceptors (Lipinski definition) is 3. The highest BCUT2D eigenvalue weighted by atomic mass is 32.3. The third-order valence-corrected chi connectivity index (χ3v) is 3.78. The van der Waals surface area contributed by atoms with Gasteiger partial charge in [0.15, 0.2) is 0 Å². The Hall–Kier alpha value is -0.170. The van der Waals surface area contributed by atoms with E-state index in [0.29, 0.717) is 0 Å². The van der Waals surface area contributed by atoms with Crippen molar-refractivity contribution >= 4 is 10.4 Å². The van der Waals surface area contributed by atoms with E-state index >= 15 is 0 Å². The predicted octanol–water partition coefficient (Wildman–Crippen LogP) is 5.85. The highest BCUT2D eigenvalue weighted by molar-refractivity contribution is 7.79. The molecule has 0 saturated carbocycles. The van der Waals surface area contributed by atoms with Gasteiger partial charge >= 0.3 is 10.4 Å². The second kappa shape index (κ2) is 20.9. The lowest BCUT2D eigenvalue weighted by atomic mass is 10.1. The topological polar surface area (TPSA) is 83.8 Å². The molecule has 0 unspecified atom stereocenters. The van der Waals surface area contributed by atoms with Crippen molar-refractivity contribution in [1.29, 1.82) is 0 Å². The zero-order valence-electron chi connectivity index (χ0n) is 15.8. The van der Waals surface area contributed by atoms with E-state index in [4.69, 9.17) is 22.3 Å². The van der Waals surface area contributed by atoms with Crippen LogP contribution in [0.4, 0.5) is 0 Å². The minimum Gasteiger partial charge on any atom is -0.381 e. The van der Waals surface area contributed by atoms with Crippen LogP contribution in [-0.2, 0) is 15.1 Å². The van der Waals surface area contributed by atoms with Gasteiger partial charge in [-0.15, -0.1) is 0 Å². The normalized spacial score (nSPS) is 11.2. The number of rotatable bonds is 16. The second-order valence-electron chi connectivity index (χ2n) is 6.30. The molecule has 0 radical (unpaired) electrons. The third kappa shape index (κ3) is 37.8. The molecule has 0 aliphatic carbocycles. The maximum absolute atomic E-state index is 8.74. The van der Waals surface area contributed by atoms with Crippen LogP contribution in [0.3, 0.4) is 0 Å². The van der Waals surface area contributed by atoms with E-state index in [1.54, 1.807) is 0 Å². The van der Waals surface area contributed by atoms with Crippen LogP contribution in [0.1, 0.15) is 104 Å². The first-order valence-corrected chi connectivity index (χ1v) is 11.1. The first kappa shape index (κ1) is 26.1. The third-order valence-electron chi connectivity index (χ3n) is 3.78. The summed E-state index contributed by atoms with van der Waals surface area (Å²) in [6, 6.07) is 0. The summed E-state index contributed by atoms with van der Waals surface area (Å²) in [6.07, 6.45) is 19.3. The van der Waals surface area contributed by atoms with Crippen molar-refractivity contribution in [3.05, 3.63) is 0 Å². The van der Waals surface area contributed by atoms with Crippen LogP contribution >= 0.6 is 0 Å². The molecule has 0 fully saturated rings. The van der Waals surface area contributed by atoms with Gasteiger partial charge < -0.3 is 4.74 Å². The minimum atomic E-state index is -4.67. The maximum Gasteiger partial charge on any atom is 0.394 e. The van der Waals surface area contributed by atoms with Crippen LogP contribution in [0.25, 0.3) is 0 Å². The largest absolute Gasteiger partial charge is 0.394 e. The van der Waals surface area contributed by atoms with Crippen molar-refractivity contribution in [3.8, 4) is 0 Å². The van der Waals surface area contributed by atoms with Gasteiger partial charge in [-0.3, -0.25) is 9.11 Å². The average Bonchev–Trinajstić information content (AvgIpc) is 2.49. The Morgan fingerprint density at radius 3 is 1.12 bits per heavy atom. The highest BCUT2D eigenvalue weighted by Gasteiger charge is 1.93. The van der Waals surface area contributed by atoms with E-state index in [9.17, 15) is 0 Å². The quantitative estimate of drug-likeness (QED) is 0.264. The molecule has 2 N–H and O–H groups in total. The molecule has 0 spiro atoms. The minimum absolute atomic E-state index is 0.990. The van der Waals surface area contributed by atoms with Crippen molar-refractivity contribution in [1.82, 2.24) is 0 Å². The van der Waals surface area contributed by atoms with Gasteiger partial charge in [0.1, 0.15) is 0 Å². The van der Waals surface area contributed by atoms with Gasteiger partial charge in [0.25, 0.3) is 0 Å². The molecular weight excluding hydrogens is 328 g/mol. The summed E-state index contributed by atoms with van der Waals surface area (Å²) >= 11 is 0. The Kier molecular flexibility index (Phi) is 22.7. The molecule has 0 heterocycles. The summed E-state index contributed by atoms with van der Waals surface area (Å²) in [5.74, 6) is 0. The molecular formula is C18H40O5S. The Balaban J connectivity index is 0. The van der Waals surface area contributed by atoms with Gasteiger partial charge in [-0.05, 0) is 12.8 Å². The van der Waals surface area contributed by atoms with E-state index < -0.39 is 10.4 Å². The van der Waals surface area contributed by atoms with Crippen LogP contribution in [0.2, 0.25) is 0 Å². The van der Waals surface area contributed by atoms with E-state index in [1.165, 1.54) is 89.9 Å². The SMILES string of the molecule is CCCCCCCCCOCCCCCCCCC.O=S(=O)(O)O. The Bertz CT molecular complexity index is 293. The molecule has 0 aliphatic rings. The van der Waals surface area contributed by atoms with Gasteiger partial charge in [-0.2, -0.15) is 8.42 Å². The Morgan fingerprint density at radius 1 is 0.583 bits per heavy atom. The fourth-order valence-electron chi connectivity index (χ4n) is 2.42. The molecule has 0 atom stereocenters. The van der Waals surface area contributed by atoms with Crippen LogP contribution in [-0.4, -0.2) is 30.7 Å². The lowest BCUT2D eigenvalue weighted by Gasteiger charge is -2.04.